The van der Waals surface area contributed by atoms with Crippen LogP contribution in [-0.2, 0) is 0 Å². The van der Waals surface area contributed by atoms with Gasteiger partial charge in [-0.2, -0.15) is 0 Å². The zero-order valence-electron chi connectivity index (χ0n) is 4.31. The SMILES string of the molecule is CCNSCSN. The van der Waals surface area contributed by atoms with Crippen LogP contribution in [0.4, 0.5) is 0 Å². The number of nitrogens with one attached hydrogen (secondary N) is 1. The Hall–Kier alpha value is 0.620. The first-order valence-corrected chi connectivity index (χ1v) is 4.11. The van der Waals surface area contributed by atoms with E-state index in [2.05, 4.69) is 11.6 Å². The van der Waals surface area contributed by atoms with Gasteiger partial charge < -0.3 is 0 Å². The van der Waals surface area contributed by atoms with Crippen molar-refractivity contribution in [3.05, 3.63) is 0 Å². The molecule has 0 rings (SSSR count). The van der Waals surface area contributed by atoms with Crippen LogP contribution in [0.15, 0.2) is 0 Å². The molecule has 2 nitrogen and oxygen atoms in total. The zero-order chi connectivity index (χ0) is 5.54. The third-order valence-corrected chi connectivity index (χ3v) is 1.88. The monoisotopic (exact) mass is 138 g/mol. The van der Waals surface area contributed by atoms with Crippen LogP contribution < -0.4 is 9.86 Å². The summed E-state index contributed by atoms with van der Waals surface area (Å²) >= 11 is 2.98. The minimum atomic E-state index is 0.924. The molecule has 0 aromatic heterocycles. The van der Waals surface area contributed by atoms with Crippen LogP contribution in [-0.4, -0.2) is 11.6 Å². The van der Waals surface area contributed by atoms with Gasteiger partial charge in [0.25, 0.3) is 0 Å². The second-order valence-electron chi connectivity index (χ2n) is 0.927. The quantitative estimate of drug-likeness (QED) is 0.342. The van der Waals surface area contributed by atoms with Gasteiger partial charge in [0.05, 0.1) is 5.08 Å². The first-order valence-electron chi connectivity index (χ1n) is 2.08. The van der Waals surface area contributed by atoms with E-state index in [-0.39, 0.29) is 0 Å². The highest BCUT2D eigenvalue weighted by molar-refractivity contribution is 8.14. The molecular weight excluding hydrogens is 128 g/mol. The highest BCUT2D eigenvalue weighted by Gasteiger charge is 1.78. The van der Waals surface area contributed by atoms with E-state index in [0.29, 0.717) is 0 Å². The molecule has 0 aromatic rings. The summed E-state index contributed by atoms with van der Waals surface area (Å²) in [7, 11) is 0. The Bertz CT molecular complexity index is 30.1. The summed E-state index contributed by atoms with van der Waals surface area (Å²) in [5.74, 6) is 0. The lowest BCUT2D eigenvalue weighted by molar-refractivity contribution is 1.04. The van der Waals surface area contributed by atoms with Crippen molar-refractivity contribution < 1.29 is 0 Å². The van der Waals surface area contributed by atoms with Crippen LogP contribution in [0.25, 0.3) is 0 Å². The van der Waals surface area contributed by atoms with Crippen molar-refractivity contribution in [1.82, 2.24) is 4.72 Å². The lowest BCUT2D eigenvalue weighted by Gasteiger charge is -1.93. The molecule has 0 aliphatic heterocycles. The van der Waals surface area contributed by atoms with Crippen LogP contribution >= 0.6 is 23.9 Å². The topological polar surface area (TPSA) is 38.0 Å². The first-order chi connectivity index (χ1) is 3.41. The van der Waals surface area contributed by atoms with E-state index in [9.17, 15) is 0 Å². The summed E-state index contributed by atoms with van der Waals surface area (Å²) in [5.41, 5.74) is 0. The molecular formula is C3H10N2S2. The molecule has 0 bridgehead atoms. The third kappa shape index (κ3) is 6.62. The number of nitrogens with two attached hydrogens (primary N) is 1. The lowest BCUT2D eigenvalue weighted by Crippen LogP contribution is -2.01. The van der Waals surface area contributed by atoms with Gasteiger partial charge >= 0.3 is 0 Å². The standard InChI is InChI=1S/C3H10N2S2/c1-2-5-7-3-6-4/h5H,2-4H2,1H3. The number of hydrogen-bond acceptors (Lipinski definition) is 4. The highest BCUT2D eigenvalue weighted by atomic mass is 32.2. The van der Waals surface area contributed by atoms with Gasteiger partial charge in [-0.05, 0) is 0 Å². The van der Waals surface area contributed by atoms with Gasteiger partial charge in [-0.15, -0.1) is 0 Å². The van der Waals surface area contributed by atoms with E-state index in [1.54, 1.807) is 11.9 Å². The van der Waals surface area contributed by atoms with Crippen LogP contribution in [0.1, 0.15) is 6.92 Å². The van der Waals surface area contributed by atoms with Gasteiger partial charge in [-0.1, -0.05) is 30.8 Å². The highest BCUT2D eigenvalue weighted by Crippen LogP contribution is 1.98. The van der Waals surface area contributed by atoms with Crippen LogP contribution in [0.3, 0.4) is 0 Å². The van der Waals surface area contributed by atoms with E-state index in [0.717, 1.165) is 11.6 Å². The molecule has 0 heterocycles. The van der Waals surface area contributed by atoms with Crippen molar-refractivity contribution in [2.45, 2.75) is 6.92 Å². The maximum atomic E-state index is 5.13. The smallest absolute Gasteiger partial charge is 0.0680 e. The zero-order valence-corrected chi connectivity index (χ0v) is 5.94. The van der Waals surface area contributed by atoms with Crippen LogP contribution in [0, 0.1) is 0 Å². The van der Waals surface area contributed by atoms with Gasteiger partial charge in [-0.25, -0.2) is 0 Å². The van der Waals surface area contributed by atoms with Gasteiger partial charge in [-0.3, -0.25) is 9.86 Å². The Balaban J connectivity index is 2.45. The molecule has 0 aliphatic carbocycles. The van der Waals surface area contributed by atoms with Gasteiger partial charge in [0.2, 0.25) is 0 Å². The molecule has 0 saturated carbocycles. The molecule has 3 N–H and O–H groups in total. The summed E-state index contributed by atoms with van der Waals surface area (Å²) in [5, 5.41) is 6.05. The molecule has 0 saturated heterocycles. The molecule has 0 amide bonds. The third-order valence-electron chi connectivity index (χ3n) is 0.373. The van der Waals surface area contributed by atoms with Crippen molar-refractivity contribution in [2.24, 2.45) is 5.14 Å². The predicted octanol–water partition coefficient (Wildman–Crippen LogP) is 0.808. The summed E-state index contributed by atoms with van der Waals surface area (Å²) in [6.07, 6.45) is 0. The molecule has 0 spiro atoms. The Kier molecular flexibility index (Phi) is 7.21. The fourth-order valence-electron chi connectivity index (χ4n) is 0.178. The summed E-state index contributed by atoms with van der Waals surface area (Å²) in [6, 6.07) is 0. The lowest BCUT2D eigenvalue weighted by atomic mass is 10.8. The number of rotatable bonds is 4. The maximum Gasteiger partial charge on any atom is 0.0680 e. The van der Waals surface area contributed by atoms with E-state index in [1.807, 2.05) is 0 Å². The normalized spacial score (nSPS) is 9.43. The number of hydrogen-bond donors (Lipinski definition) is 2. The fourth-order valence-corrected chi connectivity index (χ4v) is 0.987. The largest absolute Gasteiger partial charge is 0.277 e. The second kappa shape index (κ2) is 6.62. The summed E-state index contributed by atoms with van der Waals surface area (Å²) < 4.78 is 3.06. The molecule has 0 radical (unpaired) electrons. The molecule has 0 atom stereocenters. The van der Waals surface area contributed by atoms with Crippen molar-refractivity contribution in [1.29, 1.82) is 0 Å². The Morgan fingerprint density at radius 1 is 1.71 bits per heavy atom. The van der Waals surface area contributed by atoms with Gasteiger partial charge in [0.1, 0.15) is 0 Å². The predicted molar refractivity (Wildman–Crippen MR) is 37.9 cm³/mol. The Morgan fingerprint density at radius 3 is 2.86 bits per heavy atom. The average molecular weight is 138 g/mol. The van der Waals surface area contributed by atoms with Crippen molar-refractivity contribution >= 4 is 23.9 Å². The first kappa shape index (κ1) is 7.62. The Morgan fingerprint density at radius 2 is 2.43 bits per heavy atom. The Labute approximate surface area is 52.9 Å². The van der Waals surface area contributed by atoms with Crippen LogP contribution in [0.2, 0.25) is 0 Å². The van der Waals surface area contributed by atoms with E-state index in [4.69, 9.17) is 5.14 Å². The minimum Gasteiger partial charge on any atom is -0.277 e. The molecule has 0 unspecified atom stereocenters. The molecule has 44 valence electrons. The van der Waals surface area contributed by atoms with E-state index >= 15 is 0 Å². The fraction of sp³-hybridized carbons (Fsp3) is 1.00. The molecule has 0 aromatic carbocycles. The van der Waals surface area contributed by atoms with Gasteiger partial charge in [0.15, 0.2) is 0 Å². The van der Waals surface area contributed by atoms with Crippen molar-refractivity contribution in [3.8, 4) is 0 Å². The molecule has 7 heavy (non-hydrogen) atoms. The van der Waals surface area contributed by atoms with Crippen LogP contribution in [0.5, 0.6) is 0 Å². The molecule has 4 heteroatoms. The summed E-state index contributed by atoms with van der Waals surface area (Å²) in [6.45, 7) is 3.07. The van der Waals surface area contributed by atoms with Crippen molar-refractivity contribution in [3.63, 3.8) is 0 Å². The maximum absolute atomic E-state index is 5.13. The molecule has 0 aliphatic rings. The van der Waals surface area contributed by atoms with Crippen molar-refractivity contribution in [2.75, 3.05) is 11.6 Å². The molecule has 0 fully saturated rings. The van der Waals surface area contributed by atoms with E-state index < -0.39 is 0 Å². The second-order valence-corrected chi connectivity index (χ2v) is 2.78. The van der Waals surface area contributed by atoms with E-state index in [1.165, 1.54) is 11.9 Å². The van der Waals surface area contributed by atoms with Gasteiger partial charge in [0, 0.05) is 6.54 Å². The minimum absolute atomic E-state index is 0.924. The summed E-state index contributed by atoms with van der Waals surface area (Å²) in [4.78, 5) is 0. The average Bonchev–Trinajstić information content (AvgIpc) is 1.69.